The van der Waals surface area contributed by atoms with E-state index < -0.39 is 10.0 Å². The van der Waals surface area contributed by atoms with Crippen molar-refractivity contribution in [1.82, 2.24) is 19.8 Å². The summed E-state index contributed by atoms with van der Waals surface area (Å²) in [6, 6.07) is 14.0. The molecule has 1 aromatic heterocycles. The summed E-state index contributed by atoms with van der Waals surface area (Å²) in [7, 11) is -1.97. The van der Waals surface area contributed by atoms with Crippen molar-refractivity contribution in [3.8, 4) is 17.1 Å². The largest absolute Gasteiger partial charge is 0.472 e. The molecule has 2 fully saturated rings. The molecule has 6 rings (SSSR count). The molecule has 0 spiro atoms. The fourth-order valence-electron chi connectivity index (χ4n) is 6.10. The predicted octanol–water partition coefficient (Wildman–Crippen LogP) is 3.49. The Morgan fingerprint density at radius 2 is 1.79 bits per heavy atom. The van der Waals surface area contributed by atoms with Crippen LogP contribution in [0.25, 0.3) is 11.3 Å². The highest BCUT2D eigenvalue weighted by Crippen LogP contribution is 2.35. The molecule has 10 heteroatoms. The molecule has 2 saturated heterocycles. The number of ether oxygens (including phenoxy) is 1. The van der Waals surface area contributed by atoms with Crippen LogP contribution in [0.15, 0.2) is 53.4 Å². The van der Waals surface area contributed by atoms with Gasteiger partial charge in [-0.1, -0.05) is 24.3 Å². The lowest BCUT2D eigenvalue weighted by molar-refractivity contribution is -0.0355. The zero-order valence-electron chi connectivity index (χ0n) is 21.7. The van der Waals surface area contributed by atoms with Crippen LogP contribution in [0.5, 0.6) is 5.88 Å². The van der Waals surface area contributed by atoms with Gasteiger partial charge < -0.3 is 14.5 Å². The van der Waals surface area contributed by atoms with Crippen LogP contribution < -0.4 is 9.46 Å². The fourth-order valence-corrected chi connectivity index (χ4v) is 7.09. The van der Waals surface area contributed by atoms with Crippen molar-refractivity contribution in [3.05, 3.63) is 65.2 Å². The Bertz CT molecular complexity index is 1510. The van der Waals surface area contributed by atoms with Crippen molar-refractivity contribution in [2.45, 2.75) is 43.7 Å². The van der Waals surface area contributed by atoms with Crippen LogP contribution in [-0.4, -0.2) is 72.9 Å². The van der Waals surface area contributed by atoms with E-state index in [-0.39, 0.29) is 40.7 Å². The van der Waals surface area contributed by atoms with E-state index in [0.717, 1.165) is 36.1 Å². The van der Waals surface area contributed by atoms with Crippen LogP contribution in [0.2, 0.25) is 0 Å². The summed E-state index contributed by atoms with van der Waals surface area (Å²) < 4.78 is 35.8. The molecular formula is C28H31N5O4S. The van der Waals surface area contributed by atoms with E-state index in [1.807, 2.05) is 32.0 Å². The number of carbonyl (C=O) groups excluding carboxylic acids is 1. The number of aryl methyl sites for hydroxylation is 2. The Hall–Kier alpha value is -3.50. The summed E-state index contributed by atoms with van der Waals surface area (Å²) in [6.07, 6.45) is 1.75. The average Bonchev–Trinajstić information content (AvgIpc) is 2.88. The van der Waals surface area contributed by atoms with Gasteiger partial charge in [0.1, 0.15) is 6.10 Å². The van der Waals surface area contributed by atoms with Gasteiger partial charge in [0.05, 0.1) is 17.1 Å². The number of piperidine rings is 2. The summed E-state index contributed by atoms with van der Waals surface area (Å²) >= 11 is 0. The summed E-state index contributed by atoms with van der Waals surface area (Å²) in [6.45, 7) is 5.92. The summed E-state index contributed by atoms with van der Waals surface area (Å²) in [5.74, 6) is 0.225. The average molecular weight is 534 g/mol. The van der Waals surface area contributed by atoms with Gasteiger partial charge in [-0.25, -0.2) is 18.1 Å². The smallest absolute Gasteiger partial charge is 0.264 e. The van der Waals surface area contributed by atoms with Gasteiger partial charge in [0.25, 0.3) is 15.9 Å². The van der Waals surface area contributed by atoms with Gasteiger partial charge in [-0.15, -0.1) is 0 Å². The first kappa shape index (κ1) is 24.8. The molecule has 2 unspecified atom stereocenters. The number of hydrogen-bond acceptors (Lipinski definition) is 7. The maximum Gasteiger partial charge on any atom is 0.264 e. The van der Waals surface area contributed by atoms with Gasteiger partial charge in [-0.2, -0.15) is 4.98 Å². The lowest BCUT2D eigenvalue weighted by Gasteiger charge is -2.49. The Labute approximate surface area is 222 Å². The van der Waals surface area contributed by atoms with E-state index in [9.17, 15) is 13.2 Å². The highest BCUT2D eigenvalue weighted by Gasteiger charge is 2.44. The van der Waals surface area contributed by atoms with E-state index in [2.05, 4.69) is 26.6 Å². The molecule has 1 amide bonds. The third-order valence-electron chi connectivity index (χ3n) is 8.01. The molecule has 0 radical (unpaired) electrons. The van der Waals surface area contributed by atoms with Crippen LogP contribution in [0.1, 0.15) is 34.3 Å². The molecule has 198 valence electrons. The molecule has 4 heterocycles. The number of rotatable bonds is 1. The third-order valence-corrected chi connectivity index (χ3v) is 9.34. The number of sulfonamides is 1. The highest BCUT2D eigenvalue weighted by atomic mass is 32.2. The van der Waals surface area contributed by atoms with Gasteiger partial charge in [0.2, 0.25) is 11.8 Å². The van der Waals surface area contributed by atoms with Crippen molar-refractivity contribution < 1.29 is 17.9 Å². The van der Waals surface area contributed by atoms with Gasteiger partial charge in [0.15, 0.2) is 0 Å². The monoisotopic (exact) mass is 533 g/mol. The number of aromatic nitrogens is 2. The summed E-state index contributed by atoms with van der Waals surface area (Å²) in [5.41, 5.74) is 3.83. The van der Waals surface area contributed by atoms with E-state index >= 15 is 0 Å². The predicted molar refractivity (Wildman–Crippen MR) is 144 cm³/mol. The number of likely N-dealkylation sites (tertiary alicyclic amines) is 1. The Morgan fingerprint density at radius 1 is 1.03 bits per heavy atom. The van der Waals surface area contributed by atoms with E-state index in [1.54, 1.807) is 23.1 Å². The van der Waals surface area contributed by atoms with Crippen LogP contribution in [0.4, 0.5) is 5.95 Å². The maximum atomic E-state index is 13.6. The maximum absolute atomic E-state index is 13.6. The van der Waals surface area contributed by atoms with Crippen LogP contribution in [-0.2, 0) is 10.0 Å². The molecule has 0 saturated carbocycles. The van der Waals surface area contributed by atoms with Crippen LogP contribution >= 0.6 is 0 Å². The molecule has 3 aromatic rings. The number of likely N-dealkylation sites (N-methyl/N-ethyl adjacent to an activating group) is 1. The molecule has 3 atom stereocenters. The molecule has 6 bridgehead atoms. The number of fused-ring (bicyclic) bond motifs is 8. The molecule has 2 aromatic carbocycles. The second-order valence-corrected chi connectivity index (χ2v) is 12.2. The minimum atomic E-state index is -4.06. The molecular weight excluding hydrogens is 502 g/mol. The zero-order chi connectivity index (χ0) is 26.6. The molecule has 38 heavy (non-hydrogen) atoms. The van der Waals surface area contributed by atoms with E-state index in [4.69, 9.17) is 4.74 Å². The first-order valence-electron chi connectivity index (χ1n) is 12.9. The van der Waals surface area contributed by atoms with E-state index in [0.29, 0.717) is 24.3 Å². The minimum Gasteiger partial charge on any atom is -0.472 e. The Balaban J connectivity index is 1.53. The van der Waals surface area contributed by atoms with Crippen molar-refractivity contribution in [1.29, 1.82) is 0 Å². The summed E-state index contributed by atoms with van der Waals surface area (Å²) in [5, 5.41) is 0. The van der Waals surface area contributed by atoms with Crippen molar-refractivity contribution in [2.75, 3.05) is 31.4 Å². The second-order valence-electron chi connectivity index (χ2n) is 10.5. The van der Waals surface area contributed by atoms with Crippen LogP contribution in [0.3, 0.4) is 0 Å². The number of hydrogen-bond donors (Lipinski definition) is 1. The van der Waals surface area contributed by atoms with Gasteiger partial charge >= 0.3 is 0 Å². The molecule has 0 aliphatic carbocycles. The lowest BCUT2D eigenvalue weighted by Crippen LogP contribution is -2.62. The molecule has 3 aliphatic rings. The normalized spacial score (nSPS) is 24.7. The zero-order valence-corrected chi connectivity index (χ0v) is 22.5. The standard InChI is InChI=1S/C28H31N5O4S/c1-17-7-4-8-18(2)26(17)22-14-25-30-28(29-22)31-38(35,36)20-10-5-9-19(13-20)27(34)33-15-23-21(24(16-33)37-25)11-6-12-32(23)3/h4-5,7-10,13-14,21,23-24H,6,11-12,15-16H2,1-3H3,(H,29,30,31)/t21?,23?,24-/m0/s1. The fraction of sp³-hybridized carbons (Fsp3) is 0.393. The third kappa shape index (κ3) is 4.41. The first-order valence-corrected chi connectivity index (χ1v) is 14.4. The van der Waals surface area contributed by atoms with Gasteiger partial charge in [-0.05, 0) is 69.6 Å². The number of carbonyl (C=O) groups is 1. The van der Waals surface area contributed by atoms with Gasteiger partial charge in [-0.3, -0.25) is 4.79 Å². The number of nitrogens with zero attached hydrogens (tertiary/aromatic N) is 4. The van der Waals surface area contributed by atoms with E-state index in [1.165, 1.54) is 12.1 Å². The first-order chi connectivity index (χ1) is 18.2. The SMILES string of the molecule is Cc1cccc(C)c1-c1cc2nc(n1)NS(=O)(=O)c1cccc(c1)C(=O)N1CC3C(CCCN3C)[C@H](C1)O2. The quantitative estimate of drug-likeness (QED) is 0.511. The second kappa shape index (κ2) is 9.36. The lowest BCUT2D eigenvalue weighted by atomic mass is 9.81. The van der Waals surface area contributed by atoms with Crippen molar-refractivity contribution in [2.24, 2.45) is 5.92 Å². The van der Waals surface area contributed by atoms with Gasteiger partial charge in [0, 0.05) is 35.7 Å². The molecule has 9 nitrogen and oxygen atoms in total. The Kier molecular flexibility index (Phi) is 6.11. The topological polar surface area (TPSA) is 105 Å². The van der Waals surface area contributed by atoms with Crippen LogP contribution in [0, 0.1) is 19.8 Å². The van der Waals surface area contributed by atoms with Crippen molar-refractivity contribution >= 4 is 21.9 Å². The minimum absolute atomic E-state index is 0.0210. The number of benzene rings is 2. The number of amides is 1. The highest BCUT2D eigenvalue weighted by molar-refractivity contribution is 7.92. The summed E-state index contributed by atoms with van der Waals surface area (Å²) in [4.78, 5) is 26.8. The van der Waals surface area contributed by atoms with Crippen molar-refractivity contribution in [3.63, 3.8) is 0 Å². The molecule has 3 aliphatic heterocycles. The molecule has 1 N–H and O–H groups in total. The number of nitrogens with one attached hydrogen (secondary N) is 1. The number of anilines is 1. The Morgan fingerprint density at radius 3 is 2.58 bits per heavy atom.